The van der Waals surface area contributed by atoms with E-state index < -0.39 is 24.0 Å². The van der Waals surface area contributed by atoms with Crippen LogP contribution in [0.1, 0.15) is 24.2 Å². The minimum Gasteiger partial charge on any atom is -0.480 e. The predicted molar refractivity (Wildman–Crippen MR) is 55.2 cm³/mol. The number of alkyl halides is 1. The summed E-state index contributed by atoms with van der Waals surface area (Å²) in [4.78, 5) is 10.6. The third-order valence-electron chi connectivity index (χ3n) is 2.30. The molecule has 0 bridgehead atoms. The van der Waals surface area contributed by atoms with Crippen LogP contribution in [-0.4, -0.2) is 17.1 Å². The second-order valence-electron chi connectivity index (χ2n) is 3.58. The fraction of sp³-hybridized carbons (Fsp3) is 0.364. The lowest BCUT2D eigenvalue weighted by Gasteiger charge is -2.13. The van der Waals surface area contributed by atoms with Crippen LogP contribution in [0.25, 0.3) is 0 Å². The van der Waals surface area contributed by atoms with Crippen molar-refractivity contribution in [3.05, 3.63) is 35.1 Å². The van der Waals surface area contributed by atoms with Gasteiger partial charge in [0.2, 0.25) is 0 Å². The first kappa shape index (κ1) is 12.6. The molecule has 2 atom stereocenters. The number of rotatable bonds is 4. The largest absolute Gasteiger partial charge is 0.480 e. The molecule has 1 rings (SSSR count). The third kappa shape index (κ3) is 2.76. The summed E-state index contributed by atoms with van der Waals surface area (Å²) >= 11 is 0. The van der Waals surface area contributed by atoms with E-state index in [2.05, 4.69) is 0 Å². The minimum atomic E-state index is -1.49. The van der Waals surface area contributed by atoms with Crippen LogP contribution < -0.4 is 5.73 Å². The quantitative estimate of drug-likeness (QED) is 0.827. The molecule has 3 N–H and O–H groups in total. The number of hydrogen-bond donors (Lipinski definition) is 2. The third-order valence-corrected chi connectivity index (χ3v) is 2.30. The van der Waals surface area contributed by atoms with E-state index in [0.29, 0.717) is 5.56 Å². The highest BCUT2D eigenvalue weighted by molar-refractivity contribution is 5.73. The monoisotopic (exact) mass is 229 g/mol. The molecule has 0 fully saturated rings. The topological polar surface area (TPSA) is 63.3 Å². The van der Waals surface area contributed by atoms with E-state index in [4.69, 9.17) is 10.8 Å². The molecule has 0 spiro atoms. The number of halogens is 2. The Morgan fingerprint density at radius 1 is 1.56 bits per heavy atom. The van der Waals surface area contributed by atoms with Crippen LogP contribution in [0.4, 0.5) is 8.78 Å². The van der Waals surface area contributed by atoms with E-state index in [1.807, 2.05) is 0 Å². The van der Waals surface area contributed by atoms with Crippen molar-refractivity contribution < 1.29 is 18.7 Å². The Hall–Kier alpha value is -1.49. The van der Waals surface area contributed by atoms with Crippen LogP contribution in [0.2, 0.25) is 0 Å². The summed E-state index contributed by atoms with van der Waals surface area (Å²) in [5.74, 6) is -1.87. The van der Waals surface area contributed by atoms with E-state index in [1.165, 1.54) is 19.1 Å². The SMILES string of the molecule is CC(F)c1c(F)cccc1CC(N)C(=O)O. The van der Waals surface area contributed by atoms with Crippen LogP contribution in [0.3, 0.4) is 0 Å². The summed E-state index contributed by atoms with van der Waals surface area (Å²) < 4.78 is 26.5. The molecular formula is C11H13F2NO2. The van der Waals surface area contributed by atoms with Gasteiger partial charge in [-0.05, 0) is 25.0 Å². The Labute approximate surface area is 91.9 Å². The lowest BCUT2D eigenvalue weighted by atomic mass is 9.97. The molecule has 2 unspecified atom stereocenters. The molecule has 0 saturated heterocycles. The van der Waals surface area contributed by atoms with E-state index in [0.717, 1.165) is 6.07 Å². The van der Waals surface area contributed by atoms with Crippen molar-refractivity contribution in [3.8, 4) is 0 Å². The van der Waals surface area contributed by atoms with Crippen LogP contribution in [0.15, 0.2) is 18.2 Å². The van der Waals surface area contributed by atoms with Crippen molar-refractivity contribution in [2.75, 3.05) is 0 Å². The molecule has 0 amide bonds. The predicted octanol–water partition coefficient (Wildman–Crippen LogP) is 1.81. The van der Waals surface area contributed by atoms with Gasteiger partial charge in [-0.25, -0.2) is 8.78 Å². The van der Waals surface area contributed by atoms with Gasteiger partial charge in [-0.2, -0.15) is 0 Å². The minimum absolute atomic E-state index is 0.0866. The van der Waals surface area contributed by atoms with E-state index in [1.54, 1.807) is 0 Å². The molecule has 16 heavy (non-hydrogen) atoms. The van der Waals surface area contributed by atoms with Crippen LogP contribution in [0.5, 0.6) is 0 Å². The molecule has 0 aromatic heterocycles. The number of hydrogen-bond acceptors (Lipinski definition) is 2. The molecule has 5 heteroatoms. The van der Waals surface area contributed by atoms with Gasteiger partial charge in [-0.15, -0.1) is 0 Å². The first-order valence-corrected chi connectivity index (χ1v) is 4.83. The Bertz CT molecular complexity index is 394. The van der Waals surface area contributed by atoms with E-state index >= 15 is 0 Å². The molecule has 1 aromatic rings. The van der Waals surface area contributed by atoms with Crippen molar-refractivity contribution in [2.24, 2.45) is 5.73 Å². The van der Waals surface area contributed by atoms with Gasteiger partial charge < -0.3 is 10.8 Å². The molecule has 3 nitrogen and oxygen atoms in total. The summed E-state index contributed by atoms with van der Waals surface area (Å²) in [7, 11) is 0. The highest BCUT2D eigenvalue weighted by atomic mass is 19.1. The molecular weight excluding hydrogens is 216 g/mol. The van der Waals surface area contributed by atoms with Crippen molar-refractivity contribution in [2.45, 2.75) is 25.6 Å². The van der Waals surface area contributed by atoms with Gasteiger partial charge in [0.15, 0.2) is 0 Å². The molecule has 0 aliphatic heterocycles. The number of aliphatic carboxylic acids is 1. The highest BCUT2D eigenvalue weighted by Crippen LogP contribution is 2.25. The van der Waals surface area contributed by atoms with Crippen molar-refractivity contribution in [1.29, 1.82) is 0 Å². The second-order valence-corrected chi connectivity index (χ2v) is 3.58. The molecule has 1 aromatic carbocycles. The van der Waals surface area contributed by atoms with Gasteiger partial charge in [-0.3, -0.25) is 4.79 Å². The van der Waals surface area contributed by atoms with Crippen LogP contribution in [0, 0.1) is 5.82 Å². The average molecular weight is 229 g/mol. The number of nitrogens with two attached hydrogens (primary N) is 1. The maximum Gasteiger partial charge on any atom is 0.320 e. The smallest absolute Gasteiger partial charge is 0.320 e. The first-order chi connectivity index (χ1) is 7.43. The summed E-state index contributed by atoms with van der Waals surface area (Å²) in [6.07, 6.45) is -1.58. The van der Waals surface area contributed by atoms with Crippen molar-refractivity contribution in [3.63, 3.8) is 0 Å². The molecule has 0 radical (unpaired) electrons. The van der Waals surface area contributed by atoms with Gasteiger partial charge in [0, 0.05) is 5.56 Å². The summed E-state index contributed by atoms with van der Waals surface area (Å²) in [5, 5.41) is 8.63. The number of carbonyl (C=O) groups is 1. The maximum atomic E-state index is 13.3. The molecule has 88 valence electrons. The van der Waals surface area contributed by atoms with Gasteiger partial charge in [0.1, 0.15) is 18.0 Å². The molecule has 0 aliphatic rings. The summed E-state index contributed by atoms with van der Waals surface area (Å²) in [6.45, 7) is 1.20. The zero-order chi connectivity index (χ0) is 12.3. The zero-order valence-corrected chi connectivity index (χ0v) is 8.78. The van der Waals surface area contributed by atoms with Crippen molar-refractivity contribution in [1.82, 2.24) is 0 Å². The van der Waals surface area contributed by atoms with Gasteiger partial charge in [-0.1, -0.05) is 12.1 Å². The lowest BCUT2D eigenvalue weighted by molar-refractivity contribution is -0.138. The fourth-order valence-corrected chi connectivity index (χ4v) is 1.53. The van der Waals surface area contributed by atoms with Crippen molar-refractivity contribution >= 4 is 5.97 Å². The second kappa shape index (κ2) is 5.03. The average Bonchev–Trinajstić information content (AvgIpc) is 2.16. The lowest BCUT2D eigenvalue weighted by Crippen LogP contribution is -2.32. The Morgan fingerprint density at radius 3 is 2.69 bits per heavy atom. The Kier molecular flexibility index (Phi) is 3.95. The Balaban J connectivity index is 3.04. The molecule has 0 aliphatic carbocycles. The number of carboxylic acids is 1. The summed E-state index contributed by atoms with van der Waals surface area (Å²) in [6, 6.07) is 2.88. The Morgan fingerprint density at radius 2 is 2.19 bits per heavy atom. The molecule has 0 saturated carbocycles. The standard InChI is InChI=1S/C11H13F2NO2/c1-6(12)10-7(3-2-4-8(10)13)5-9(14)11(15)16/h2-4,6,9H,5,14H2,1H3,(H,15,16). The highest BCUT2D eigenvalue weighted by Gasteiger charge is 2.19. The van der Waals surface area contributed by atoms with E-state index in [9.17, 15) is 13.6 Å². The zero-order valence-electron chi connectivity index (χ0n) is 8.78. The normalized spacial score (nSPS) is 14.5. The van der Waals surface area contributed by atoms with Gasteiger partial charge in [0.25, 0.3) is 0 Å². The van der Waals surface area contributed by atoms with Gasteiger partial charge in [0.05, 0.1) is 0 Å². The number of carboxylic acid groups (broad SMARTS) is 1. The molecule has 0 heterocycles. The number of benzene rings is 1. The first-order valence-electron chi connectivity index (χ1n) is 4.83. The van der Waals surface area contributed by atoms with Crippen LogP contribution >= 0.6 is 0 Å². The van der Waals surface area contributed by atoms with Gasteiger partial charge >= 0.3 is 5.97 Å². The summed E-state index contributed by atoms with van der Waals surface area (Å²) in [5.41, 5.74) is 5.51. The van der Waals surface area contributed by atoms with Crippen LogP contribution in [-0.2, 0) is 11.2 Å². The fourth-order valence-electron chi connectivity index (χ4n) is 1.53. The van der Waals surface area contributed by atoms with E-state index in [-0.39, 0.29) is 12.0 Å². The maximum absolute atomic E-state index is 13.3.